The molecule has 0 radical (unpaired) electrons. The standard InChI is InChI=1S/C18H15N5OS2/c1-10-3-6-12(7-4-10)23-15(24)13-9-11(2)5-8-14(13)20-17(23)26-18-22-21-16(19)25-18/h3-9H,1-2H3,(H2,19,21). The molecular formula is C18H15N5OS2. The molecule has 0 aliphatic rings. The number of nitrogens with two attached hydrogens (primary N) is 1. The second-order valence-corrected chi connectivity index (χ2v) is 8.12. The van der Waals surface area contributed by atoms with Crippen LogP contribution in [0.1, 0.15) is 11.1 Å². The second-order valence-electron chi connectivity index (χ2n) is 5.90. The summed E-state index contributed by atoms with van der Waals surface area (Å²) in [6, 6.07) is 13.5. The maximum absolute atomic E-state index is 13.2. The third-order valence-corrected chi connectivity index (χ3v) is 5.65. The van der Waals surface area contributed by atoms with Gasteiger partial charge in [-0.3, -0.25) is 9.36 Å². The molecule has 6 nitrogen and oxygen atoms in total. The van der Waals surface area contributed by atoms with Gasteiger partial charge in [0.15, 0.2) is 9.50 Å². The fraction of sp³-hybridized carbons (Fsp3) is 0.111. The molecule has 2 aromatic heterocycles. The smallest absolute Gasteiger partial charge is 0.266 e. The number of benzene rings is 2. The van der Waals surface area contributed by atoms with Crippen molar-refractivity contribution in [1.29, 1.82) is 0 Å². The van der Waals surface area contributed by atoms with E-state index in [0.29, 0.717) is 25.5 Å². The number of aromatic nitrogens is 4. The summed E-state index contributed by atoms with van der Waals surface area (Å²) in [6.07, 6.45) is 0. The van der Waals surface area contributed by atoms with Crippen LogP contribution in [-0.2, 0) is 0 Å². The molecule has 0 aliphatic heterocycles. The van der Waals surface area contributed by atoms with Crippen LogP contribution in [0.4, 0.5) is 5.13 Å². The van der Waals surface area contributed by atoms with Crippen LogP contribution >= 0.6 is 23.1 Å². The van der Waals surface area contributed by atoms with E-state index in [1.54, 1.807) is 4.57 Å². The van der Waals surface area contributed by atoms with Crippen molar-refractivity contribution in [1.82, 2.24) is 19.7 Å². The lowest BCUT2D eigenvalue weighted by Gasteiger charge is -2.12. The van der Waals surface area contributed by atoms with Crippen molar-refractivity contribution < 1.29 is 0 Å². The zero-order valence-electron chi connectivity index (χ0n) is 14.1. The molecule has 0 spiro atoms. The highest BCUT2D eigenvalue weighted by Gasteiger charge is 2.16. The first-order chi connectivity index (χ1) is 12.5. The van der Waals surface area contributed by atoms with E-state index >= 15 is 0 Å². The summed E-state index contributed by atoms with van der Waals surface area (Å²) in [7, 11) is 0. The lowest BCUT2D eigenvalue weighted by atomic mass is 10.1. The van der Waals surface area contributed by atoms with Gasteiger partial charge in [-0.2, -0.15) is 0 Å². The molecular weight excluding hydrogens is 366 g/mol. The first-order valence-electron chi connectivity index (χ1n) is 7.88. The molecule has 2 aromatic carbocycles. The minimum Gasteiger partial charge on any atom is -0.374 e. The van der Waals surface area contributed by atoms with E-state index in [-0.39, 0.29) is 5.56 Å². The number of aryl methyl sites for hydroxylation is 2. The van der Waals surface area contributed by atoms with Gasteiger partial charge in [-0.05, 0) is 49.9 Å². The average molecular weight is 381 g/mol. The maximum atomic E-state index is 13.2. The van der Waals surface area contributed by atoms with E-state index in [9.17, 15) is 4.79 Å². The monoisotopic (exact) mass is 381 g/mol. The van der Waals surface area contributed by atoms with Crippen molar-refractivity contribution in [2.45, 2.75) is 23.3 Å². The zero-order chi connectivity index (χ0) is 18.3. The van der Waals surface area contributed by atoms with Gasteiger partial charge in [0.05, 0.1) is 16.6 Å². The summed E-state index contributed by atoms with van der Waals surface area (Å²) < 4.78 is 2.26. The van der Waals surface area contributed by atoms with Crippen LogP contribution in [0.3, 0.4) is 0 Å². The van der Waals surface area contributed by atoms with Crippen LogP contribution in [-0.4, -0.2) is 19.7 Å². The molecule has 0 atom stereocenters. The lowest BCUT2D eigenvalue weighted by Crippen LogP contribution is -2.21. The summed E-state index contributed by atoms with van der Waals surface area (Å²) in [5.41, 5.74) is 9.13. The predicted octanol–water partition coefficient (Wildman–Crippen LogP) is 3.59. The highest BCUT2D eigenvalue weighted by molar-refractivity contribution is 8.00. The van der Waals surface area contributed by atoms with E-state index < -0.39 is 0 Å². The summed E-state index contributed by atoms with van der Waals surface area (Å²) in [5, 5.41) is 9.37. The van der Waals surface area contributed by atoms with Crippen molar-refractivity contribution in [3.63, 3.8) is 0 Å². The minimum absolute atomic E-state index is 0.109. The Kier molecular flexibility index (Phi) is 4.21. The van der Waals surface area contributed by atoms with Gasteiger partial charge in [0, 0.05) is 0 Å². The Morgan fingerprint density at radius 2 is 1.77 bits per heavy atom. The van der Waals surface area contributed by atoms with Gasteiger partial charge in [0.2, 0.25) is 5.13 Å². The molecule has 0 fully saturated rings. The molecule has 0 unspecified atom stereocenters. The van der Waals surface area contributed by atoms with Gasteiger partial charge >= 0.3 is 0 Å². The summed E-state index contributed by atoms with van der Waals surface area (Å²) >= 11 is 2.55. The first-order valence-corrected chi connectivity index (χ1v) is 9.52. The Morgan fingerprint density at radius 3 is 2.46 bits per heavy atom. The molecule has 0 bridgehead atoms. The minimum atomic E-state index is -0.109. The number of rotatable bonds is 3. The predicted molar refractivity (Wildman–Crippen MR) is 105 cm³/mol. The number of fused-ring (bicyclic) bond motifs is 1. The quantitative estimate of drug-likeness (QED) is 0.546. The number of anilines is 1. The molecule has 0 saturated heterocycles. The second kappa shape index (κ2) is 6.54. The van der Waals surface area contributed by atoms with Crippen LogP contribution < -0.4 is 11.3 Å². The number of hydrogen-bond acceptors (Lipinski definition) is 7. The van der Waals surface area contributed by atoms with E-state index in [4.69, 9.17) is 10.7 Å². The first kappa shape index (κ1) is 16.7. The van der Waals surface area contributed by atoms with Gasteiger partial charge < -0.3 is 5.73 Å². The molecule has 26 heavy (non-hydrogen) atoms. The molecule has 4 rings (SSSR count). The van der Waals surface area contributed by atoms with Crippen molar-refractivity contribution in [3.8, 4) is 5.69 Å². The van der Waals surface area contributed by atoms with E-state index in [1.165, 1.54) is 23.1 Å². The molecule has 2 heterocycles. The Hall–Kier alpha value is -2.71. The van der Waals surface area contributed by atoms with Crippen LogP contribution in [0.25, 0.3) is 16.6 Å². The highest BCUT2D eigenvalue weighted by atomic mass is 32.2. The Balaban J connectivity index is 1.98. The fourth-order valence-electron chi connectivity index (χ4n) is 2.61. The van der Waals surface area contributed by atoms with E-state index in [2.05, 4.69) is 10.2 Å². The van der Waals surface area contributed by atoms with Gasteiger partial charge in [-0.1, -0.05) is 40.7 Å². The van der Waals surface area contributed by atoms with Crippen LogP contribution in [0, 0.1) is 13.8 Å². The summed E-state index contributed by atoms with van der Waals surface area (Å²) in [5.74, 6) is 0. The lowest BCUT2D eigenvalue weighted by molar-refractivity contribution is 0.817. The summed E-state index contributed by atoms with van der Waals surface area (Å²) in [4.78, 5) is 17.9. The van der Waals surface area contributed by atoms with Gasteiger partial charge in [0.1, 0.15) is 0 Å². The normalized spacial score (nSPS) is 11.2. The van der Waals surface area contributed by atoms with Crippen molar-refractivity contribution in [2.75, 3.05) is 5.73 Å². The number of nitrogen functional groups attached to an aromatic ring is 1. The summed E-state index contributed by atoms with van der Waals surface area (Å²) in [6.45, 7) is 3.97. The fourth-order valence-corrected chi connectivity index (χ4v) is 4.26. The van der Waals surface area contributed by atoms with Gasteiger partial charge in [0.25, 0.3) is 5.56 Å². The van der Waals surface area contributed by atoms with Gasteiger partial charge in [-0.25, -0.2) is 4.98 Å². The van der Waals surface area contributed by atoms with Crippen molar-refractivity contribution >= 4 is 39.1 Å². The largest absolute Gasteiger partial charge is 0.374 e. The Morgan fingerprint density at radius 1 is 1.04 bits per heavy atom. The zero-order valence-corrected chi connectivity index (χ0v) is 15.8. The Labute approximate surface area is 157 Å². The van der Waals surface area contributed by atoms with Crippen LogP contribution in [0.5, 0.6) is 0 Å². The van der Waals surface area contributed by atoms with Gasteiger partial charge in [-0.15, -0.1) is 10.2 Å². The average Bonchev–Trinajstić information content (AvgIpc) is 3.02. The highest BCUT2D eigenvalue weighted by Crippen LogP contribution is 2.31. The van der Waals surface area contributed by atoms with E-state index in [0.717, 1.165) is 16.8 Å². The molecule has 0 amide bonds. The van der Waals surface area contributed by atoms with Crippen molar-refractivity contribution in [3.05, 3.63) is 63.9 Å². The molecule has 130 valence electrons. The molecule has 0 aliphatic carbocycles. The SMILES string of the molecule is Cc1ccc(-n2c(Sc3nnc(N)s3)nc3ccc(C)cc3c2=O)cc1. The van der Waals surface area contributed by atoms with Crippen LogP contribution in [0.15, 0.2) is 56.8 Å². The topological polar surface area (TPSA) is 86.7 Å². The molecule has 0 saturated carbocycles. The molecule has 8 heteroatoms. The number of hydrogen-bond donors (Lipinski definition) is 1. The maximum Gasteiger partial charge on any atom is 0.266 e. The Bertz CT molecular complexity index is 1160. The third kappa shape index (κ3) is 3.09. The third-order valence-electron chi connectivity index (χ3n) is 3.89. The molecule has 2 N–H and O–H groups in total. The van der Waals surface area contributed by atoms with Crippen molar-refractivity contribution in [2.24, 2.45) is 0 Å². The molecule has 4 aromatic rings. The number of nitrogens with zero attached hydrogens (tertiary/aromatic N) is 4. The van der Waals surface area contributed by atoms with Crippen LogP contribution in [0.2, 0.25) is 0 Å². The van der Waals surface area contributed by atoms with E-state index in [1.807, 2.05) is 56.3 Å².